The number of carbonyl (C=O) groups excluding carboxylic acids is 1. The Bertz CT molecular complexity index is 1240. The van der Waals surface area contributed by atoms with Gasteiger partial charge in [0, 0.05) is 0 Å². The molecule has 0 bridgehead atoms. The number of para-hydroxylation sites is 1. The van der Waals surface area contributed by atoms with Gasteiger partial charge in [0.05, 0.1) is 21.8 Å². The number of aliphatic hydroxyl groups is 1. The molecule has 1 unspecified atom stereocenters. The summed E-state index contributed by atoms with van der Waals surface area (Å²) in [6, 6.07) is 13.6. The topological polar surface area (TPSA) is 99.4 Å². The lowest BCUT2D eigenvalue weighted by molar-refractivity contribution is -0.117. The molecule has 1 amide bonds. The fourth-order valence-electron chi connectivity index (χ4n) is 3.36. The summed E-state index contributed by atoms with van der Waals surface area (Å²) in [5.74, 6) is -0.783. The van der Waals surface area contributed by atoms with E-state index in [4.69, 9.17) is 0 Å². The third kappa shape index (κ3) is 2.86. The van der Waals surface area contributed by atoms with Crippen molar-refractivity contribution in [2.45, 2.75) is 13.0 Å². The molecule has 3 heterocycles. The van der Waals surface area contributed by atoms with E-state index >= 15 is 0 Å². The zero-order valence-corrected chi connectivity index (χ0v) is 16.7. The van der Waals surface area contributed by atoms with Crippen molar-refractivity contribution in [1.29, 1.82) is 0 Å². The Balaban J connectivity index is 1.72. The van der Waals surface area contributed by atoms with Gasteiger partial charge < -0.3 is 10.2 Å². The minimum absolute atomic E-state index is 0.117. The number of aliphatic hydroxyl groups excluding tert-OH is 1. The molecule has 0 fully saturated rings. The predicted octanol–water partition coefficient (Wildman–Crippen LogP) is 4.22. The Hall–Kier alpha value is -3.30. The van der Waals surface area contributed by atoms with E-state index in [1.54, 1.807) is 31.2 Å². The number of amides is 1. The summed E-state index contributed by atoms with van der Waals surface area (Å²) in [7, 11) is 0. The lowest BCUT2D eigenvalue weighted by Gasteiger charge is -2.23. The van der Waals surface area contributed by atoms with Crippen molar-refractivity contribution >= 4 is 49.5 Å². The zero-order chi connectivity index (χ0) is 20.1. The zero-order valence-electron chi connectivity index (χ0n) is 15.1. The van der Waals surface area contributed by atoms with Crippen LogP contribution in [0.2, 0.25) is 0 Å². The molecule has 1 aliphatic heterocycles. The van der Waals surface area contributed by atoms with E-state index in [1.807, 2.05) is 24.3 Å². The van der Waals surface area contributed by atoms with Gasteiger partial charge in [0.2, 0.25) is 5.13 Å². The molecule has 5 rings (SSSR count). The standard InChI is InChI=1S/C20H14N4O3S2/c1-10-22-23-20(28-10)24-16(11-6-8-12(25)9-7-11)15(17(26)19(24)27)18-21-13-4-2-3-5-14(13)29-18/h2-9,16,25-26H,1H3. The first-order valence-electron chi connectivity index (χ1n) is 8.74. The highest BCUT2D eigenvalue weighted by atomic mass is 32.1. The first-order chi connectivity index (χ1) is 14.0. The molecule has 0 saturated heterocycles. The molecule has 2 N–H and O–H groups in total. The van der Waals surface area contributed by atoms with Crippen LogP contribution in [0.3, 0.4) is 0 Å². The van der Waals surface area contributed by atoms with Gasteiger partial charge in [-0.25, -0.2) is 4.98 Å². The quantitative estimate of drug-likeness (QED) is 0.513. The van der Waals surface area contributed by atoms with Gasteiger partial charge in [-0.1, -0.05) is 35.6 Å². The first-order valence-corrected chi connectivity index (χ1v) is 10.4. The van der Waals surface area contributed by atoms with Gasteiger partial charge in [0.1, 0.15) is 15.8 Å². The number of benzene rings is 2. The van der Waals surface area contributed by atoms with Crippen LogP contribution in [0.15, 0.2) is 54.3 Å². The lowest BCUT2D eigenvalue weighted by Crippen LogP contribution is -2.30. The van der Waals surface area contributed by atoms with Crippen molar-refractivity contribution in [3.8, 4) is 5.75 Å². The van der Waals surface area contributed by atoms with Crippen LogP contribution < -0.4 is 4.90 Å². The molecule has 7 nitrogen and oxygen atoms in total. The van der Waals surface area contributed by atoms with Crippen LogP contribution in [0, 0.1) is 6.92 Å². The van der Waals surface area contributed by atoms with Gasteiger partial charge in [-0.05, 0) is 36.8 Å². The Morgan fingerprint density at radius 2 is 1.76 bits per heavy atom. The molecule has 0 aliphatic carbocycles. The van der Waals surface area contributed by atoms with E-state index in [0.29, 0.717) is 20.7 Å². The fraction of sp³-hybridized carbons (Fsp3) is 0.100. The highest BCUT2D eigenvalue weighted by Gasteiger charge is 2.44. The normalized spacial score (nSPS) is 16.9. The molecule has 0 saturated carbocycles. The smallest absolute Gasteiger partial charge is 0.296 e. The van der Waals surface area contributed by atoms with E-state index in [2.05, 4.69) is 15.2 Å². The number of nitrogens with zero attached hydrogens (tertiary/aromatic N) is 4. The van der Waals surface area contributed by atoms with Gasteiger partial charge in [-0.2, -0.15) is 0 Å². The molecule has 9 heteroatoms. The van der Waals surface area contributed by atoms with Crippen LogP contribution in [-0.4, -0.2) is 31.3 Å². The average Bonchev–Trinajstić information content (AvgIpc) is 3.39. The molecule has 1 aliphatic rings. The number of phenolic OH excluding ortho intramolecular Hbond substituents is 1. The average molecular weight is 422 g/mol. The Morgan fingerprint density at radius 3 is 2.45 bits per heavy atom. The number of thiazole rings is 1. The van der Waals surface area contributed by atoms with Gasteiger partial charge in [-0.3, -0.25) is 9.69 Å². The maximum Gasteiger partial charge on any atom is 0.296 e. The van der Waals surface area contributed by atoms with Gasteiger partial charge >= 0.3 is 0 Å². The highest BCUT2D eigenvalue weighted by Crippen LogP contribution is 2.47. The van der Waals surface area contributed by atoms with Crippen LogP contribution in [0.25, 0.3) is 15.8 Å². The number of carbonyl (C=O) groups is 1. The van der Waals surface area contributed by atoms with E-state index in [0.717, 1.165) is 15.8 Å². The molecule has 1 atom stereocenters. The number of phenols is 1. The molecular formula is C20H14N4O3S2. The van der Waals surface area contributed by atoms with E-state index < -0.39 is 11.9 Å². The van der Waals surface area contributed by atoms with Crippen molar-refractivity contribution in [2.75, 3.05) is 4.90 Å². The van der Waals surface area contributed by atoms with Gasteiger partial charge in [-0.15, -0.1) is 21.5 Å². The van der Waals surface area contributed by atoms with Crippen LogP contribution in [0.4, 0.5) is 5.13 Å². The van der Waals surface area contributed by atoms with E-state index in [-0.39, 0.29) is 11.5 Å². The number of fused-ring (bicyclic) bond motifs is 1. The monoisotopic (exact) mass is 422 g/mol. The number of aromatic hydroxyl groups is 1. The minimum atomic E-state index is -0.629. The van der Waals surface area contributed by atoms with Crippen molar-refractivity contribution in [3.05, 3.63) is 69.9 Å². The summed E-state index contributed by atoms with van der Waals surface area (Å²) >= 11 is 2.69. The second kappa shape index (κ2) is 6.64. The van der Waals surface area contributed by atoms with Gasteiger partial charge in [0.25, 0.3) is 5.91 Å². The molecule has 144 valence electrons. The Labute approximate surface area is 173 Å². The van der Waals surface area contributed by atoms with Crippen LogP contribution >= 0.6 is 22.7 Å². The molecule has 29 heavy (non-hydrogen) atoms. The largest absolute Gasteiger partial charge is 0.508 e. The number of aromatic nitrogens is 3. The predicted molar refractivity (Wildman–Crippen MR) is 112 cm³/mol. The second-order valence-corrected chi connectivity index (χ2v) is 8.71. The maximum absolute atomic E-state index is 13.0. The SMILES string of the molecule is Cc1nnc(N2C(=O)C(O)=C(c3nc4ccccc4s3)C2c2ccc(O)cc2)s1. The lowest BCUT2D eigenvalue weighted by atomic mass is 10.00. The van der Waals surface area contributed by atoms with Crippen molar-refractivity contribution < 1.29 is 15.0 Å². The molecule has 0 spiro atoms. The Kier molecular flexibility index (Phi) is 4.07. The summed E-state index contributed by atoms with van der Waals surface area (Å²) in [6.45, 7) is 1.80. The maximum atomic E-state index is 13.0. The summed E-state index contributed by atoms with van der Waals surface area (Å²) < 4.78 is 0.963. The third-order valence-electron chi connectivity index (χ3n) is 4.66. The number of hydrogen-bond donors (Lipinski definition) is 2. The summed E-state index contributed by atoms with van der Waals surface area (Å²) in [6.07, 6.45) is 0. The number of hydrogen-bond acceptors (Lipinski definition) is 8. The van der Waals surface area contributed by atoms with Crippen LogP contribution in [0.5, 0.6) is 5.75 Å². The first kappa shape index (κ1) is 17.8. The second-order valence-electron chi connectivity index (χ2n) is 6.52. The Morgan fingerprint density at radius 1 is 1.00 bits per heavy atom. The molecule has 0 radical (unpaired) electrons. The summed E-state index contributed by atoms with van der Waals surface area (Å²) in [4.78, 5) is 19.1. The highest BCUT2D eigenvalue weighted by molar-refractivity contribution is 7.19. The number of anilines is 1. The number of aryl methyl sites for hydroxylation is 1. The third-order valence-corrected chi connectivity index (χ3v) is 6.57. The van der Waals surface area contributed by atoms with E-state index in [9.17, 15) is 15.0 Å². The van der Waals surface area contributed by atoms with Crippen LogP contribution in [-0.2, 0) is 4.79 Å². The molecule has 2 aromatic carbocycles. The minimum Gasteiger partial charge on any atom is -0.508 e. The van der Waals surface area contributed by atoms with Crippen molar-refractivity contribution in [2.24, 2.45) is 0 Å². The van der Waals surface area contributed by atoms with Crippen molar-refractivity contribution in [1.82, 2.24) is 15.2 Å². The molecule has 2 aromatic heterocycles. The fourth-order valence-corrected chi connectivity index (χ4v) is 5.11. The summed E-state index contributed by atoms with van der Waals surface area (Å²) in [5.41, 5.74) is 1.95. The van der Waals surface area contributed by atoms with E-state index in [1.165, 1.54) is 27.6 Å². The van der Waals surface area contributed by atoms with Crippen LogP contribution in [0.1, 0.15) is 21.6 Å². The molecular weight excluding hydrogens is 408 g/mol. The van der Waals surface area contributed by atoms with Gasteiger partial charge in [0.15, 0.2) is 5.76 Å². The number of rotatable bonds is 3. The summed E-state index contributed by atoms with van der Waals surface area (Å²) in [5, 5.41) is 30.3. The molecule has 4 aromatic rings. The van der Waals surface area contributed by atoms with Crippen molar-refractivity contribution in [3.63, 3.8) is 0 Å².